The summed E-state index contributed by atoms with van der Waals surface area (Å²) in [4.78, 5) is 16.4. The number of amides is 1. The normalized spacial score (nSPS) is 18.3. The van der Waals surface area contributed by atoms with Gasteiger partial charge in [-0.15, -0.1) is 10.2 Å². The fourth-order valence-electron chi connectivity index (χ4n) is 3.17. The lowest BCUT2D eigenvalue weighted by atomic mass is 10.1. The number of anilines is 1. The summed E-state index contributed by atoms with van der Waals surface area (Å²) in [5.41, 5.74) is 0.641. The van der Waals surface area contributed by atoms with Gasteiger partial charge < -0.3 is 9.80 Å². The zero-order chi connectivity index (χ0) is 17.2. The summed E-state index contributed by atoms with van der Waals surface area (Å²) in [7, 11) is 0. The molecule has 0 unspecified atom stereocenters. The summed E-state index contributed by atoms with van der Waals surface area (Å²) in [6.07, 6.45) is 3.51. The van der Waals surface area contributed by atoms with Crippen LogP contribution in [0.25, 0.3) is 0 Å². The van der Waals surface area contributed by atoms with E-state index >= 15 is 0 Å². The Morgan fingerprint density at radius 3 is 2.80 bits per heavy atom. The molecule has 25 heavy (non-hydrogen) atoms. The van der Waals surface area contributed by atoms with Gasteiger partial charge in [-0.2, -0.15) is 0 Å². The van der Waals surface area contributed by atoms with Crippen LogP contribution in [0.5, 0.6) is 0 Å². The molecule has 1 aliphatic carbocycles. The van der Waals surface area contributed by atoms with Crippen LogP contribution >= 0.6 is 11.3 Å². The molecule has 2 aliphatic rings. The summed E-state index contributed by atoms with van der Waals surface area (Å²) in [5.74, 6) is 0.392. The first kappa shape index (κ1) is 16.4. The standard InChI is InChI=1S/C18H21FN4OS/c19-15-5-2-1-4-14(15)12-16-20-21-18(25-16)23-9-3-8-22(10-11-23)17(24)13-6-7-13/h1-2,4-5,13H,3,6-12H2. The van der Waals surface area contributed by atoms with E-state index in [0.29, 0.717) is 17.9 Å². The first-order chi connectivity index (χ1) is 12.2. The molecule has 2 aromatic rings. The highest BCUT2D eigenvalue weighted by Gasteiger charge is 2.34. The first-order valence-electron chi connectivity index (χ1n) is 8.80. The molecule has 4 rings (SSSR count). The van der Waals surface area contributed by atoms with Crippen LogP contribution in [0.3, 0.4) is 0 Å². The van der Waals surface area contributed by atoms with Gasteiger partial charge in [-0.25, -0.2) is 4.39 Å². The SMILES string of the molecule is O=C(C1CC1)N1CCCN(c2nnc(Cc3ccccc3F)s2)CC1. The number of benzene rings is 1. The van der Waals surface area contributed by atoms with Gasteiger partial charge in [-0.1, -0.05) is 29.5 Å². The Hall–Kier alpha value is -2.02. The molecule has 7 heteroatoms. The number of hydrogen-bond donors (Lipinski definition) is 0. The molecule has 0 bridgehead atoms. The van der Waals surface area contributed by atoms with Crippen LogP contribution < -0.4 is 4.90 Å². The average molecular weight is 360 g/mol. The molecular weight excluding hydrogens is 339 g/mol. The fraction of sp³-hybridized carbons (Fsp3) is 0.500. The van der Waals surface area contributed by atoms with Crippen LogP contribution in [0.1, 0.15) is 29.8 Å². The predicted octanol–water partition coefficient (Wildman–Crippen LogP) is 2.72. The Kier molecular flexibility index (Phi) is 4.65. The maximum atomic E-state index is 13.8. The third-order valence-corrected chi connectivity index (χ3v) is 5.74. The Bertz CT molecular complexity index is 761. The van der Waals surface area contributed by atoms with Crippen LogP contribution in [0, 0.1) is 11.7 Å². The van der Waals surface area contributed by atoms with Crippen LogP contribution in [0.2, 0.25) is 0 Å². The van der Waals surface area contributed by atoms with Crippen LogP contribution in [0.4, 0.5) is 9.52 Å². The van der Waals surface area contributed by atoms with E-state index in [0.717, 1.165) is 55.6 Å². The average Bonchev–Trinajstić information content (AvgIpc) is 3.41. The second kappa shape index (κ2) is 7.07. The van der Waals surface area contributed by atoms with Crippen LogP contribution in [0.15, 0.2) is 24.3 Å². The second-order valence-electron chi connectivity index (χ2n) is 6.69. The summed E-state index contributed by atoms with van der Waals surface area (Å²) in [6, 6.07) is 6.78. The monoisotopic (exact) mass is 360 g/mol. The zero-order valence-corrected chi connectivity index (χ0v) is 14.8. The summed E-state index contributed by atoms with van der Waals surface area (Å²) in [6.45, 7) is 3.24. The molecule has 1 saturated carbocycles. The lowest BCUT2D eigenvalue weighted by Crippen LogP contribution is -2.36. The van der Waals surface area contributed by atoms with Crippen molar-refractivity contribution in [1.29, 1.82) is 0 Å². The molecule has 0 radical (unpaired) electrons. The maximum Gasteiger partial charge on any atom is 0.225 e. The number of halogens is 1. The van der Waals surface area contributed by atoms with Gasteiger partial charge in [-0.05, 0) is 30.9 Å². The summed E-state index contributed by atoms with van der Waals surface area (Å²) >= 11 is 1.51. The number of nitrogens with zero attached hydrogens (tertiary/aromatic N) is 4. The van der Waals surface area contributed by atoms with Crippen molar-refractivity contribution < 1.29 is 9.18 Å². The van der Waals surface area contributed by atoms with E-state index in [1.807, 2.05) is 11.0 Å². The molecule has 1 saturated heterocycles. The molecule has 1 amide bonds. The predicted molar refractivity (Wildman–Crippen MR) is 95.2 cm³/mol. The highest BCUT2D eigenvalue weighted by molar-refractivity contribution is 7.15. The minimum atomic E-state index is -0.205. The number of aromatic nitrogens is 2. The van der Waals surface area contributed by atoms with Crippen molar-refractivity contribution in [2.45, 2.75) is 25.7 Å². The zero-order valence-electron chi connectivity index (χ0n) is 14.0. The number of hydrogen-bond acceptors (Lipinski definition) is 5. The van der Waals surface area contributed by atoms with E-state index in [2.05, 4.69) is 15.1 Å². The van der Waals surface area contributed by atoms with Gasteiger partial charge in [0.05, 0.1) is 0 Å². The van der Waals surface area contributed by atoms with Gasteiger partial charge in [0.2, 0.25) is 11.0 Å². The van der Waals surface area contributed by atoms with Gasteiger partial charge in [0.15, 0.2) is 0 Å². The molecular formula is C18H21FN4OS. The molecule has 5 nitrogen and oxygen atoms in total. The second-order valence-corrected chi connectivity index (χ2v) is 7.73. The van der Waals surface area contributed by atoms with E-state index in [1.165, 1.54) is 17.4 Å². The summed E-state index contributed by atoms with van der Waals surface area (Å²) < 4.78 is 13.8. The topological polar surface area (TPSA) is 49.3 Å². The minimum absolute atomic E-state index is 0.205. The van der Waals surface area contributed by atoms with Crippen molar-refractivity contribution in [1.82, 2.24) is 15.1 Å². The Balaban J connectivity index is 1.40. The van der Waals surface area contributed by atoms with Crippen molar-refractivity contribution in [3.05, 3.63) is 40.7 Å². The Morgan fingerprint density at radius 2 is 2.00 bits per heavy atom. The fourth-order valence-corrected chi connectivity index (χ4v) is 4.08. The van der Waals surface area contributed by atoms with Gasteiger partial charge >= 0.3 is 0 Å². The minimum Gasteiger partial charge on any atom is -0.345 e. The van der Waals surface area contributed by atoms with Crippen LogP contribution in [-0.4, -0.2) is 47.2 Å². The molecule has 1 aromatic heterocycles. The number of carbonyl (C=O) groups is 1. The molecule has 0 atom stereocenters. The molecule has 1 aliphatic heterocycles. The van der Waals surface area contributed by atoms with E-state index in [1.54, 1.807) is 12.1 Å². The van der Waals surface area contributed by atoms with Gasteiger partial charge in [0.25, 0.3) is 0 Å². The maximum absolute atomic E-state index is 13.8. The molecule has 0 spiro atoms. The lowest BCUT2D eigenvalue weighted by Gasteiger charge is -2.21. The van der Waals surface area contributed by atoms with Gasteiger partial charge in [0, 0.05) is 38.5 Å². The third kappa shape index (κ3) is 3.81. The molecule has 1 aromatic carbocycles. The van der Waals surface area contributed by atoms with E-state index in [4.69, 9.17) is 0 Å². The number of carbonyl (C=O) groups excluding carboxylic acids is 1. The lowest BCUT2D eigenvalue weighted by molar-refractivity contribution is -0.132. The highest BCUT2D eigenvalue weighted by Crippen LogP contribution is 2.31. The highest BCUT2D eigenvalue weighted by atomic mass is 32.1. The smallest absolute Gasteiger partial charge is 0.225 e. The molecule has 2 fully saturated rings. The Labute approximate surface area is 150 Å². The van der Waals surface area contributed by atoms with Gasteiger partial charge in [0.1, 0.15) is 10.8 Å². The molecule has 2 heterocycles. The van der Waals surface area contributed by atoms with Crippen LogP contribution in [-0.2, 0) is 11.2 Å². The van der Waals surface area contributed by atoms with E-state index in [-0.39, 0.29) is 11.7 Å². The van der Waals surface area contributed by atoms with Crippen molar-refractivity contribution in [3.63, 3.8) is 0 Å². The first-order valence-corrected chi connectivity index (χ1v) is 9.62. The van der Waals surface area contributed by atoms with Crippen molar-refractivity contribution >= 4 is 22.4 Å². The van der Waals surface area contributed by atoms with Crippen molar-refractivity contribution in [2.24, 2.45) is 5.92 Å². The van der Waals surface area contributed by atoms with Crippen molar-refractivity contribution in [2.75, 3.05) is 31.1 Å². The third-order valence-electron chi connectivity index (χ3n) is 4.76. The van der Waals surface area contributed by atoms with E-state index < -0.39 is 0 Å². The largest absolute Gasteiger partial charge is 0.345 e. The van der Waals surface area contributed by atoms with Gasteiger partial charge in [-0.3, -0.25) is 4.79 Å². The molecule has 0 N–H and O–H groups in total. The Morgan fingerprint density at radius 1 is 1.16 bits per heavy atom. The van der Waals surface area contributed by atoms with E-state index in [9.17, 15) is 9.18 Å². The van der Waals surface area contributed by atoms with Crippen molar-refractivity contribution in [3.8, 4) is 0 Å². The quantitative estimate of drug-likeness (QED) is 0.841. The molecule has 132 valence electrons. The number of rotatable bonds is 4. The summed E-state index contributed by atoms with van der Waals surface area (Å²) in [5, 5.41) is 10.2.